The molecule has 8 heteroatoms. The van der Waals surface area contributed by atoms with Crippen LogP contribution in [0.4, 0.5) is 11.6 Å². The van der Waals surface area contributed by atoms with E-state index in [1.54, 1.807) is 24.3 Å². The van der Waals surface area contributed by atoms with Gasteiger partial charge in [-0.15, -0.1) is 10.2 Å². The lowest BCUT2D eigenvalue weighted by Crippen LogP contribution is -2.20. The SMILES string of the molecule is O=S(=O)(Nc1ccc(NC2CCCCCC2)nn1)c1ccccc1Cl. The van der Waals surface area contributed by atoms with Gasteiger partial charge in [-0.1, -0.05) is 49.4 Å². The van der Waals surface area contributed by atoms with Crippen LogP contribution in [0.2, 0.25) is 5.02 Å². The van der Waals surface area contributed by atoms with Crippen LogP contribution < -0.4 is 10.0 Å². The monoisotopic (exact) mass is 380 g/mol. The van der Waals surface area contributed by atoms with E-state index in [2.05, 4.69) is 20.2 Å². The number of benzene rings is 1. The van der Waals surface area contributed by atoms with E-state index in [1.807, 2.05) is 0 Å². The van der Waals surface area contributed by atoms with Crippen molar-refractivity contribution in [2.45, 2.75) is 49.5 Å². The third kappa shape index (κ3) is 4.83. The lowest BCUT2D eigenvalue weighted by Gasteiger charge is -2.16. The molecule has 0 saturated heterocycles. The van der Waals surface area contributed by atoms with Crippen LogP contribution in [0, 0.1) is 0 Å². The van der Waals surface area contributed by atoms with E-state index in [0.29, 0.717) is 11.9 Å². The molecule has 0 spiro atoms. The van der Waals surface area contributed by atoms with Gasteiger partial charge in [0.2, 0.25) is 0 Å². The van der Waals surface area contributed by atoms with Gasteiger partial charge in [0.15, 0.2) is 5.82 Å². The molecule has 1 aromatic carbocycles. The topological polar surface area (TPSA) is 84.0 Å². The van der Waals surface area contributed by atoms with Gasteiger partial charge in [0, 0.05) is 6.04 Å². The van der Waals surface area contributed by atoms with E-state index in [0.717, 1.165) is 12.8 Å². The van der Waals surface area contributed by atoms with Crippen LogP contribution >= 0.6 is 11.6 Å². The molecule has 25 heavy (non-hydrogen) atoms. The normalized spacial score (nSPS) is 16.2. The summed E-state index contributed by atoms with van der Waals surface area (Å²) in [7, 11) is -3.79. The molecule has 0 atom stereocenters. The van der Waals surface area contributed by atoms with Crippen molar-refractivity contribution in [2.75, 3.05) is 10.0 Å². The summed E-state index contributed by atoms with van der Waals surface area (Å²) in [4.78, 5) is 0.0131. The Hall–Kier alpha value is -1.86. The van der Waals surface area contributed by atoms with Crippen LogP contribution in [0.15, 0.2) is 41.3 Å². The zero-order valence-electron chi connectivity index (χ0n) is 13.8. The smallest absolute Gasteiger partial charge is 0.264 e. The molecular formula is C17H21ClN4O2S. The zero-order chi connectivity index (χ0) is 17.7. The fourth-order valence-corrected chi connectivity index (χ4v) is 4.47. The first kappa shape index (κ1) is 17.9. The number of nitrogens with zero attached hydrogens (tertiary/aromatic N) is 2. The summed E-state index contributed by atoms with van der Waals surface area (Å²) in [6.07, 6.45) is 7.27. The average Bonchev–Trinajstić information content (AvgIpc) is 2.85. The van der Waals surface area contributed by atoms with Crippen molar-refractivity contribution in [3.8, 4) is 0 Å². The van der Waals surface area contributed by atoms with E-state index in [9.17, 15) is 8.42 Å². The minimum atomic E-state index is -3.79. The molecule has 6 nitrogen and oxygen atoms in total. The molecule has 1 heterocycles. The van der Waals surface area contributed by atoms with Gasteiger partial charge in [-0.05, 0) is 37.1 Å². The Balaban J connectivity index is 1.67. The second-order valence-corrected chi connectivity index (χ2v) is 8.23. The lowest BCUT2D eigenvalue weighted by molar-refractivity contribution is 0.601. The number of nitrogens with one attached hydrogen (secondary N) is 2. The van der Waals surface area contributed by atoms with Gasteiger partial charge < -0.3 is 5.32 Å². The summed E-state index contributed by atoms with van der Waals surface area (Å²) >= 11 is 5.96. The Morgan fingerprint density at radius 2 is 1.56 bits per heavy atom. The number of sulfonamides is 1. The predicted octanol–water partition coefficient (Wildman–Crippen LogP) is 4.07. The van der Waals surface area contributed by atoms with Gasteiger partial charge in [-0.3, -0.25) is 4.72 Å². The van der Waals surface area contributed by atoms with Crippen LogP contribution in [0.1, 0.15) is 38.5 Å². The molecule has 0 aliphatic heterocycles. The van der Waals surface area contributed by atoms with Gasteiger partial charge in [0.05, 0.1) is 5.02 Å². The fourth-order valence-electron chi connectivity index (χ4n) is 2.95. The first-order valence-corrected chi connectivity index (χ1v) is 10.3. The Bertz CT molecular complexity index is 804. The summed E-state index contributed by atoms with van der Waals surface area (Å²) in [5.41, 5.74) is 0. The molecule has 0 radical (unpaired) electrons. The predicted molar refractivity (Wildman–Crippen MR) is 99.4 cm³/mol. The number of hydrogen-bond acceptors (Lipinski definition) is 5. The molecule has 1 saturated carbocycles. The summed E-state index contributed by atoms with van der Waals surface area (Å²) in [6.45, 7) is 0. The van der Waals surface area contributed by atoms with Crippen molar-refractivity contribution in [1.82, 2.24) is 10.2 Å². The van der Waals surface area contributed by atoms with E-state index in [-0.39, 0.29) is 15.7 Å². The molecule has 2 N–H and O–H groups in total. The van der Waals surface area contributed by atoms with Gasteiger partial charge in [-0.2, -0.15) is 0 Å². The van der Waals surface area contributed by atoms with E-state index in [1.165, 1.54) is 37.8 Å². The van der Waals surface area contributed by atoms with Crippen molar-refractivity contribution in [3.63, 3.8) is 0 Å². The summed E-state index contributed by atoms with van der Waals surface area (Å²) in [5.74, 6) is 0.818. The highest BCUT2D eigenvalue weighted by Gasteiger charge is 2.18. The second kappa shape index (κ2) is 8.01. The summed E-state index contributed by atoms with van der Waals surface area (Å²) in [5, 5.41) is 11.6. The molecule has 2 aromatic rings. The van der Waals surface area contributed by atoms with Crippen LogP contribution in [0.3, 0.4) is 0 Å². The van der Waals surface area contributed by atoms with Crippen LogP contribution in [0.25, 0.3) is 0 Å². The van der Waals surface area contributed by atoms with Gasteiger partial charge in [0.25, 0.3) is 10.0 Å². The highest BCUT2D eigenvalue weighted by Crippen LogP contribution is 2.23. The van der Waals surface area contributed by atoms with E-state index in [4.69, 9.17) is 11.6 Å². The standard InChI is InChI=1S/C17H21ClN4O2S/c18-14-9-5-6-10-15(14)25(23,24)22-17-12-11-16(20-21-17)19-13-7-3-1-2-4-8-13/h5-6,9-13H,1-4,7-8H2,(H,19,20)(H,21,22). The Labute approximate surface area is 153 Å². The number of halogens is 1. The van der Waals surface area contributed by atoms with Crippen LogP contribution in [-0.2, 0) is 10.0 Å². The molecule has 1 fully saturated rings. The summed E-state index contributed by atoms with van der Waals surface area (Å²) in [6, 6.07) is 10.0. The van der Waals surface area contributed by atoms with Gasteiger partial charge in [0.1, 0.15) is 10.7 Å². The maximum Gasteiger partial charge on any atom is 0.264 e. The number of hydrogen-bond donors (Lipinski definition) is 2. The van der Waals surface area contributed by atoms with Crippen LogP contribution in [-0.4, -0.2) is 24.7 Å². The van der Waals surface area contributed by atoms with E-state index < -0.39 is 10.0 Å². The van der Waals surface area contributed by atoms with Gasteiger partial charge >= 0.3 is 0 Å². The number of aromatic nitrogens is 2. The third-order valence-electron chi connectivity index (χ3n) is 4.24. The second-order valence-electron chi connectivity index (χ2n) is 6.17. The van der Waals surface area contributed by atoms with Gasteiger partial charge in [-0.25, -0.2) is 8.42 Å². The largest absolute Gasteiger partial charge is 0.366 e. The summed E-state index contributed by atoms with van der Waals surface area (Å²) < 4.78 is 27.2. The molecular weight excluding hydrogens is 360 g/mol. The molecule has 3 rings (SSSR count). The molecule has 0 amide bonds. The number of anilines is 2. The van der Waals surface area contributed by atoms with Crippen LogP contribution in [0.5, 0.6) is 0 Å². The van der Waals surface area contributed by atoms with E-state index >= 15 is 0 Å². The van der Waals surface area contributed by atoms with Crippen molar-refractivity contribution in [3.05, 3.63) is 41.4 Å². The first-order chi connectivity index (χ1) is 12.0. The average molecular weight is 381 g/mol. The van der Waals surface area contributed by atoms with Crippen molar-refractivity contribution in [2.24, 2.45) is 0 Å². The Morgan fingerprint density at radius 3 is 2.20 bits per heavy atom. The quantitative estimate of drug-likeness (QED) is 0.764. The highest BCUT2D eigenvalue weighted by atomic mass is 35.5. The zero-order valence-corrected chi connectivity index (χ0v) is 15.4. The lowest BCUT2D eigenvalue weighted by atomic mass is 10.1. The molecule has 134 valence electrons. The van der Waals surface area contributed by atoms with Crippen molar-refractivity contribution >= 4 is 33.3 Å². The first-order valence-electron chi connectivity index (χ1n) is 8.42. The fraction of sp³-hybridized carbons (Fsp3) is 0.412. The molecule has 1 aliphatic rings. The molecule has 0 bridgehead atoms. The molecule has 1 aromatic heterocycles. The minimum absolute atomic E-state index is 0.0131. The maximum atomic E-state index is 12.4. The third-order valence-corrected chi connectivity index (χ3v) is 6.09. The Kier molecular flexibility index (Phi) is 5.75. The maximum absolute atomic E-state index is 12.4. The highest BCUT2D eigenvalue weighted by molar-refractivity contribution is 7.92. The van der Waals surface area contributed by atoms with Crippen molar-refractivity contribution < 1.29 is 8.42 Å². The molecule has 1 aliphatic carbocycles. The minimum Gasteiger partial charge on any atom is -0.366 e. The van der Waals surface area contributed by atoms with Crippen molar-refractivity contribution in [1.29, 1.82) is 0 Å². The molecule has 0 unspecified atom stereocenters. The Morgan fingerprint density at radius 1 is 0.920 bits per heavy atom. The number of rotatable bonds is 5.